The highest BCUT2D eigenvalue weighted by atomic mass is 16.5. The molecule has 1 fully saturated rings. The molecule has 1 heterocycles. The van der Waals surface area contributed by atoms with Crippen LogP contribution >= 0.6 is 0 Å². The smallest absolute Gasteiger partial charge is 0.307 e. The van der Waals surface area contributed by atoms with Crippen molar-refractivity contribution in [3.63, 3.8) is 0 Å². The summed E-state index contributed by atoms with van der Waals surface area (Å²) in [6.07, 6.45) is 6.27. The number of hydrazine groups is 1. The molecule has 0 aliphatic carbocycles. The summed E-state index contributed by atoms with van der Waals surface area (Å²) in [5.74, 6) is -0.0770. The van der Waals surface area contributed by atoms with Gasteiger partial charge in [-0.2, -0.15) is 0 Å². The molecule has 0 saturated carbocycles. The number of esters is 1. The molecule has 0 aromatic rings. The van der Waals surface area contributed by atoms with E-state index < -0.39 is 0 Å². The van der Waals surface area contributed by atoms with Gasteiger partial charge >= 0.3 is 5.97 Å². The lowest BCUT2D eigenvalue weighted by atomic mass is 10.2. The minimum atomic E-state index is -0.197. The quantitative estimate of drug-likeness (QED) is 0.456. The molecule has 0 N–H and O–H groups in total. The van der Waals surface area contributed by atoms with Crippen LogP contribution in [0, 0.1) is 0 Å². The Balaban J connectivity index is 2.17. The minimum Gasteiger partial charge on any atom is -0.466 e. The maximum atomic E-state index is 11.7. The summed E-state index contributed by atoms with van der Waals surface area (Å²) in [6, 6.07) is 0. The highest BCUT2D eigenvalue weighted by Gasteiger charge is 2.28. The van der Waals surface area contributed by atoms with Crippen molar-refractivity contribution >= 4 is 11.9 Å². The Bertz CT molecular complexity index is 307. The van der Waals surface area contributed by atoms with Gasteiger partial charge in [-0.1, -0.05) is 33.1 Å². The van der Waals surface area contributed by atoms with E-state index in [1.165, 1.54) is 12.8 Å². The molecule has 0 aromatic carbocycles. The van der Waals surface area contributed by atoms with E-state index in [-0.39, 0.29) is 11.9 Å². The molecule has 0 unspecified atom stereocenters. The van der Waals surface area contributed by atoms with Crippen molar-refractivity contribution in [2.45, 2.75) is 58.8 Å². The Morgan fingerprint density at radius 3 is 2.65 bits per heavy atom. The van der Waals surface area contributed by atoms with Crippen LogP contribution in [0.15, 0.2) is 0 Å². The van der Waals surface area contributed by atoms with Crippen molar-refractivity contribution in [2.75, 3.05) is 26.2 Å². The van der Waals surface area contributed by atoms with Gasteiger partial charge in [-0.05, 0) is 12.8 Å². The molecule has 5 heteroatoms. The molecule has 116 valence electrons. The van der Waals surface area contributed by atoms with Gasteiger partial charge in [0.05, 0.1) is 13.0 Å². The number of nitrogens with zero attached hydrogens (tertiary/aromatic N) is 2. The van der Waals surface area contributed by atoms with Gasteiger partial charge in [0.25, 0.3) is 0 Å². The predicted molar refractivity (Wildman–Crippen MR) is 77.9 cm³/mol. The Morgan fingerprint density at radius 1 is 1.15 bits per heavy atom. The van der Waals surface area contributed by atoms with Gasteiger partial charge in [0, 0.05) is 26.1 Å². The first-order valence-electron chi connectivity index (χ1n) is 7.89. The number of hydrogen-bond donors (Lipinski definition) is 0. The van der Waals surface area contributed by atoms with Crippen LogP contribution in [0.1, 0.15) is 58.8 Å². The van der Waals surface area contributed by atoms with Gasteiger partial charge in [-0.25, -0.2) is 5.01 Å². The van der Waals surface area contributed by atoms with Crippen molar-refractivity contribution in [3.8, 4) is 0 Å². The number of amides is 1. The number of carbonyl (C=O) groups excluding carboxylic acids is 2. The first-order chi connectivity index (χ1) is 9.69. The zero-order chi connectivity index (χ0) is 14.8. The lowest BCUT2D eigenvalue weighted by Crippen LogP contribution is -2.40. The maximum Gasteiger partial charge on any atom is 0.307 e. The molecule has 0 atom stereocenters. The van der Waals surface area contributed by atoms with E-state index in [1.807, 2.05) is 5.01 Å². The summed E-state index contributed by atoms with van der Waals surface area (Å²) in [5.41, 5.74) is 0. The van der Waals surface area contributed by atoms with E-state index >= 15 is 0 Å². The van der Waals surface area contributed by atoms with Crippen molar-refractivity contribution in [1.29, 1.82) is 0 Å². The molecule has 0 radical (unpaired) electrons. The number of hydrogen-bond acceptors (Lipinski definition) is 4. The van der Waals surface area contributed by atoms with Crippen molar-refractivity contribution in [1.82, 2.24) is 10.0 Å². The standard InChI is InChI=1S/C15H28N2O3/c1-3-5-6-7-13-20-15(19)9-12-17-14(18)8-11-16(17)10-4-2/h3-13H2,1-2H3. The third kappa shape index (κ3) is 5.90. The molecule has 0 aromatic heterocycles. The third-order valence-corrected chi connectivity index (χ3v) is 3.48. The zero-order valence-electron chi connectivity index (χ0n) is 12.9. The molecule has 20 heavy (non-hydrogen) atoms. The highest BCUT2D eigenvalue weighted by molar-refractivity contribution is 5.78. The summed E-state index contributed by atoms with van der Waals surface area (Å²) >= 11 is 0. The molecule has 0 spiro atoms. The van der Waals surface area contributed by atoms with Crippen LogP contribution < -0.4 is 0 Å². The van der Waals surface area contributed by atoms with E-state index in [2.05, 4.69) is 13.8 Å². The van der Waals surface area contributed by atoms with Crippen LogP contribution in [-0.2, 0) is 14.3 Å². The van der Waals surface area contributed by atoms with Crippen LogP contribution in [0.3, 0.4) is 0 Å². The summed E-state index contributed by atoms with van der Waals surface area (Å²) in [6.45, 7) is 6.85. The number of ether oxygens (including phenoxy) is 1. The molecule has 1 aliphatic rings. The normalized spacial score (nSPS) is 15.9. The zero-order valence-corrected chi connectivity index (χ0v) is 12.9. The van der Waals surface area contributed by atoms with Gasteiger partial charge in [0.2, 0.25) is 5.91 Å². The first kappa shape index (κ1) is 17.0. The van der Waals surface area contributed by atoms with Crippen LogP contribution in [0.4, 0.5) is 0 Å². The van der Waals surface area contributed by atoms with Crippen LogP contribution in [0.5, 0.6) is 0 Å². The summed E-state index contributed by atoms with van der Waals surface area (Å²) in [7, 11) is 0. The topological polar surface area (TPSA) is 49.9 Å². The lowest BCUT2D eigenvalue weighted by Gasteiger charge is -2.27. The lowest BCUT2D eigenvalue weighted by molar-refractivity contribution is -0.147. The SMILES string of the molecule is CCCCCCOC(=O)CCN1C(=O)CCN1CCC. The Labute approximate surface area is 122 Å². The third-order valence-electron chi connectivity index (χ3n) is 3.48. The molecule has 5 nitrogen and oxygen atoms in total. The van der Waals surface area contributed by atoms with E-state index in [0.29, 0.717) is 26.0 Å². The first-order valence-corrected chi connectivity index (χ1v) is 7.89. The Kier molecular flexibility index (Phi) is 8.26. The maximum absolute atomic E-state index is 11.7. The average molecular weight is 284 g/mol. The highest BCUT2D eigenvalue weighted by Crippen LogP contribution is 2.13. The largest absolute Gasteiger partial charge is 0.466 e. The van der Waals surface area contributed by atoms with Crippen LogP contribution in [0.2, 0.25) is 0 Å². The fourth-order valence-corrected chi connectivity index (χ4v) is 2.37. The van der Waals surface area contributed by atoms with Gasteiger partial charge in [0.15, 0.2) is 0 Å². The van der Waals surface area contributed by atoms with Crippen LogP contribution in [0.25, 0.3) is 0 Å². The second-order valence-corrected chi connectivity index (χ2v) is 5.25. The summed E-state index contributed by atoms with van der Waals surface area (Å²) in [5, 5.41) is 3.75. The molecular weight excluding hydrogens is 256 g/mol. The summed E-state index contributed by atoms with van der Waals surface area (Å²) < 4.78 is 5.18. The van der Waals surface area contributed by atoms with Crippen molar-refractivity contribution in [2.24, 2.45) is 0 Å². The fourth-order valence-electron chi connectivity index (χ4n) is 2.37. The van der Waals surface area contributed by atoms with Gasteiger partial charge in [0.1, 0.15) is 0 Å². The summed E-state index contributed by atoms with van der Waals surface area (Å²) in [4.78, 5) is 23.4. The molecule has 1 saturated heterocycles. The number of rotatable bonds is 10. The number of unbranched alkanes of at least 4 members (excludes halogenated alkanes) is 3. The molecule has 1 rings (SSSR count). The monoisotopic (exact) mass is 284 g/mol. The van der Waals surface area contributed by atoms with Gasteiger partial charge < -0.3 is 4.74 Å². The van der Waals surface area contributed by atoms with E-state index in [1.54, 1.807) is 5.01 Å². The molecule has 1 amide bonds. The average Bonchev–Trinajstić information content (AvgIpc) is 2.77. The van der Waals surface area contributed by atoms with E-state index in [9.17, 15) is 9.59 Å². The van der Waals surface area contributed by atoms with Crippen LogP contribution in [-0.4, -0.2) is 48.1 Å². The molecular formula is C15H28N2O3. The van der Waals surface area contributed by atoms with Crippen molar-refractivity contribution < 1.29 is 14.3 Å². The van der Waals surface area contributed by atoms with Crippen molar-refractivity contribution in [3.05, 3.63) is 0 Å². The second kappa shape index (κ2) is 9.75. The minimum absolute atomic E-state index is 0.120. The fraction of sp³-hybridized carbons (Fsp3) is 0.867. The number of carbonyl (C=O) groups is 2. The second-order valence-electron chi connectivity index (χ2n) is 5.25. The van der Waals surface area contributed by atoms with Gasteiger partial charge in [-0.15, -0.1) is 0 Å². The molecule has 0 bridgehead atoms. The Morgan fingerprint density at radius 2 is 1.95 bits per heavy atom. The van der Waals surface area contributed by atoms with E-state index in [4.69, 9.17) is 4.74 Å². The predicted octanol–water partition coefficient (Wildman–Crippen LogP) is 2.36. The molecule has 1 aliphatic heterocycles. The van der Waals surface area contributed by atoms with Gasteiger partial charge in [-0.3, -0.25) is 14.6 Å². The Hall–Kier alpha value is -1.10. The van der Waals surface area contributed by atoms with E-state index in [0.717, 1.165) is 32.4 Å².